The zero-order chi connectivity index (χ0) is 23.2. The molecule has 6 heteroatoms. The molecule has 1 aliphatic carbocycles. The topological polar surface area (TPSA) is 66.8 Å². The molecule has 3 atom stereocenters. The van der Waals surface area contributed by atoms with Crippen molar-refractivity contribution in [3.63, 3.8) is 0 Å². The van der Waals surface area contributed by atoms with Crippen LogP contribution in [0, 0.1) is 23.2 Å². The van der Waals surface area contributed by atoms with Gasteiger partial charge in [0.15, 0.2) is 11.5 Å². The number of nitriles is 1. The highest BCUT2D eigenvalue weighted by atomic mass is 16.5. The maximum absolute atomic E-state index is 9.16. The number of rotatable bonds is 10. The van der Waals surface area contributed by atoms with Crippen molar-refractivity contribution in [3.05, 3.63) is 53.6 Å². The van der Waals surface area contributed by atoms with Crippen LogP contribution in [0.5, 0.6) is 17.2 Å². The summed E-state index contributed by atoms with van der Waals surface area (Å²) >= 11 is 0. The van der Waals surface area contributed by atoms with Gasteiger partial charge in [0.1, 0.15) is 11.9 Å². The standard InChI is InChI=1S/C27H35N3O3/c1-29-27-21-10-11-22(27)18-30(17-21)14-4-5-24(20-8-6-19(16-28)7-9-20)33-23-12-13-25(31-2)26(15-23)32-3/h6-9,12-13,15,21-22,24,27,29H,4-5,10-11,14,17-18H2,1-3H3. The highest BCUT2D eigenvalue weighted by Crippen LogP contribution is 2.37. The maximum atomic E-state index is 9.16. The molecule has 33 heavy (non-hydrogen) atoms. The quantitative estimate of drug-likeness (QED) is 0.580. The van der Waals surface area contributed by atoms with Crippen LogP contribution >= 0.6 is 0 Å². The minimum atomic E-state index is -0.0950. The number of ether oxygens (including phenoxy) is 3. The zero-order valence-electron chi connectivity index (χ0n) is 19.9. The van der Waals surface area contributed by atoms with Gasteiger partial charge in [0.2, 0.25) is 0 Å². The monoisotopic (exact) mass is 449 g/mol. The first-order chi connectivity index (χ1) is 16.1. The third-order valence-corrected chi connectivity index (χ3v) is 7.23. The number of nitrogens with zero attached hydrogens (tertiary/aromatic N) is 2. The summed E-state index contributed by atoms with van der Waals surface area (Å²) in [5.41, 5.74) is 1.74. The molecule has 0 amide bonds. The van der Waals surface area contributed by atoms with Gasteiger partial charge < -0.3 is 24.4 Å². The Morgan fingerprint density at radius 2 is 1.73 bits per heavy atom. The molecule has 2 bridgehead atoms. The molecule has 0 radical (unpaired) electrons. The first-order valence-corrected chi connectivity index (χ1v) is 11.9. The summed E-state index contributed by atoms with van der Waals surface area (Å²) in [7, 11) is 5.37. The number of hydrogen-bond donors (Lipinski definition) is 1. The second kappa shape index (κ2) is 10.9. The van der Waals surface area contributed by atoms with Gasteiger partial charge in [-0.1, -0.05) is 12.1 Å². The Bertz CT molecular complexity index is 942. The summed E-state index contributed by atoms with van der Waals surface area (Å²) in [6.45, 7) is 3.48. The van der Waals surface area contributed by atoms with Gasteiger partial charge in [0, 0.05) is 25.2 Å². The van der Waals surface area contributed by atoms with Gasteiger partial charge in [0.05, 0.1) is 25.9 Å². The van der Waals surface area contributed by atoms with Gasteiger partial charge >= 0.3 is 0 Å². The molecule has 176 valence electrons. The molecule has 6 nitrogen and oxygen atoms in total. The Morgan fingerprint density at radius 1 is 1.03 bits per heavy atom. The van der Waals surface area contributed by atoms with Gasteiger partial charge in [0.25, 0.3) is 0 Å². The molecule has 2 fully saturated rings. The van der Waals surface area contributed by atoms with Gasteiger partial charge in [-0.2, -0.15) is 5.26 Å². The van der Waals surface area contributed by atoms with E-state index in [0.29, 0.717) is 23.1 Å². The summed E-state index contributed by atoms with van der Waals surface area (Å²) in [5.74, 6) is 3.64. The number of benzene rings is 2. The highest BCUT2D eigenvalue weighted by molar-refractivity contribution is 5.45. The van der Waals surface area contributed by atoms with E-state index in [2.05, 4.69) is 23.3 Å². The summed E-state index contributed by atoms with van der Waals surface area (Å²) < 4.78 is 17.2. The first-order valence-electron chi connectivity index (χ1n) is 11.9. The van der Waals surface area contributed by atoms with Crippen molar-refractivity contribution < 1.29 is 14.2 Å². The fourth-order valence-corrected chi connectivity index (χ4v) is 5.59. The van der Waals surface area contributed by atoms with Crippen LogP contribution in [-0.4, -0.2) is 51.8 Å². The predicted molar refractivity (Wildman–Crippen MR) is 129 cm³/mol. The van der Waals surface area contributed by atoms with Crippen LogP contribution in [0.1, 0.15) is 42.9 Å². The van der Waals surface area contributed by atoms with Crippen molar-refractivity contribution in [1.82, 2.24) is 10.2 Å². The van der Waals surface area contributed by atoms with Crippen molar-refractivity contribution in [3.8, 4) is 23.3 Å². The molecule has 0 spiro atoms. The molecule has 0 aromatic heterocycles. The zero-order valence-corrected chi connectivity index (χ0v) is 19.9. The van der Waals surface area contributed by atoms with Crippen molar-refractivity contribution >= 4 is 0 Å². The molecule has 3 unspecified atom stereocenters. The number of hydrogen-bond acceptors (Lipinski definition) is 6. The summed E-state index contributed by atoms with van der Waals surface area (Å²) in [6, 6.07) is 16.3. The molecule has 1 saturated heterocycles. The highest BCUT2D eigenvalue weighted by Gasteiger charge is 2.40. The Kier molecular flexibility index (Phi) is 7.74. The van der Waals surface area contributed by atoms with Gasteiger partial charge in [-0.05, 0) is 80.9 Å². The van der Waals surface area contributed by atoms with E-state index in [0.717, 1.165) is 42.5 Å². The van der Waals surface area contributed by atoms with Crippen LogP contribution in [0.25, 0.3) is 0 Å². The lowest BCUT2D eigenvalue weighted by Gasteiger charge is -2.38. The summed E-state index contributed by atoms with van der Waals surface area (Å²) in [5, 5.41) is 12.7. The van der Waals surface area contributed by atoms with Crippen LogP contribution in [-0.2, 0) is 0 Å². The van der Waals surface area contributed by atoms with E-state index >= 15 is 0 Å². The molecular weight excluding hydrogens is 414 g/mol. The third-order valence-electron chi connectivity index (χ3n) is 7.23. The van der Waals surface area contributed by atoms with Crippen LogP contribution in [0.2, 0.25) is 0 Å². The minimum absolute atomic E-state index is 0.0950. The number of likely N-dealkylation sites (tertiary alicyclic amines) is 1. The second-order valence-electron chi connectivity index (χ2n) is 9.17. The number of nitrogens with one attached hydrogen (secondary N) is 1. The minimum Gasteiger partial charge on any atom is -0.493 e. The van der Waals surface area contributed by atoms with Crippen LogP contribution in [0.15, 0.2) is 42.5 Å². The average Bonchev–Trinajstić information content (AvgIpc) is 3.11. The molecule has 1 heterocycles. The molecule has 1 saturated carbocycles. The molecule has 1 aliphatic heterocycles. The van der Waals surface area contributed by atoms with Crippen LogP contribution in [0.4, 0.5) is 0 Å². The van der Waals surface area contributed by atoms with E-state index in [1.165, 1.54) is 25.9 Å². The molecular formula is C27H35N3O3. The molecule has 2 aromatic rings. The van der Waals surface area contributed by atoms with Crippen molar-refractivity contribution in [2.75, 3.05) is 40.9 Å². The lowest BCUT2D eigenvalue weighted by molar-refractivity contribution is 0.122. The average molecular weight is 450 g/mol. The predicted octanol–water partition coefficient (Wildman–Crippen LogP) is 4.41. The van der Waals surface area contributed by atoms with E-state index in [1.54, 1.807) is 14.2 Å². The van der Waals surface area contributed by atoms with E-state index < -0.39 is 0 Å². The number of fused-ring (bicyclic) bond motifs is 2. The van der Waals surface area contributed by atoms with E-state index in [-0.39, 0.29) is 6.10 Å². The number of methoxy groups -OCH3 is 2. The fourth-order valence-electron chi connectivity index (χ4n) is 5.59. The van der Waals surface area contributed by atoms with Gasteiger partial charge in [-0.3, -0.25) is 0 Å². The van der Waals surface area contributed by atoms with Crippen molar-refractivity contribution in [2.24, 2.45) is 11.8 Å². The largest absolute Gasteiger partial charge is 0.493 e. The Balaban J connectivity index is 1.42. The molecule has 1 N–H and O–H groups in total. The first kappa shape index (κ1) is 23.4. The normalized spacial score (nSPS) is 23.0. The van der Waals surface area contributed by atoms with E-state index in [1.807, 2.05) is 42.5 Å². The second-order valence-corrected chi connectivity index (χ2v) is 9.17. The van der Waals surface area contributed by atoms with Crippen LogP contribution < -0.4 is 19.5 Å². The molecule has 2 aromatic carbocycles. The molecule has 4 rings (SSSR count). The third kappa shape index (κ3) is 5.43. The van der Waals surface area contributed by atoms with Crippen molar-refractivity contribution in [2.45, 2.75) is 37.8 Å². The van der Waals surface area contributed by atoms with E-state index in [4.69, 9.17) is 19.5 Å². The van der Waals surface area contributed by atoms with E-state index in [9.17, 15) is 0 Å². The number of piperidine rings is 1. The Morgan fingerprint density at radius 3 is 2.33 bits per heavy atom. The van der Waals surface area contributed by atoms with Crippen molar-refractivity contribution in [1.29, 1.82) is 5.26 Å². The smallest absolute Gasteiger partial charge is 0.164 e. The fraction of sp³-hybridized carbons (Fsp3) is 0.519. The lowest BCUT2D eigenvalue weighted by atomic mass is 9.92. The van der Waals surface area contributed by atoms with Gasteiger partial charge in [-0.25, -0.2) is 0 Å². The van der Waals surface area contributed by atoms with Gasteiger partial charge in [-0.15, -0.1) is 0 Å². The summed E-state index contributed by atoms with van der Waals surface area (Å²) in [4.78, 5) is 2.64. The molecule has 2 aliphatic rings. The SMILES string of the molecule is CNC1C2CCC1CN(CCCC(Oc1ccc(OC)c(OC)c1)c1ccc(C#N)cc1)C2. The maximum Gasteiger partial charge on any atom is 0.164 e. The van der Waals surface area contributed by atoms with Crippen LogP contribution in [0.3, 0.4) is 0 Å². The Hall–Kier alpha value is -2.75. The summed E-state index contributed by atoms with van der Waals surface area (Å²) in [6.07, 6.45) is 4.57. The Labute approximate surface area is 197 Å². The lowest BCUT2D eigenvalue weighted by Crippen LogP contribution is -2.50.